The number of benzene rings is 8. The maximum atomic E-state index is 6.47. The summed E-state index contributed by atoms with van der Waals surface area (Å²) in [5, 5.41) is 7.62. The van der Waals surface area contributed by atoms with E-state index in [0.29, 0.717) is 0 Å². The summed E-state index contributed by atoms with van der Waals surface area (Å²) in [5.41, 5.74) is 11.8. The largest absolute Gasteiger partial charge is 0.453 e. The maximum Gasteiger partial charge on any atom is 0.152 e. The monoisotopic (exact) mass is 680 g/mol. The molecule has 0 spiro atoms. The normalized spacial score (nSPS) is 12.4. The first-order valence-electron chi connectivity index (χ1n) is 17.7. The first-order valence-corrected chi connectivity index (χ1v) is 18.5. The molecule has 4 heteroatoms. The van der Waals surface area contributed by atoms with Gasteiger partial charge in [0.2, 0.25) is 0 Å². The minimum atomic E-state index is 0.880. The summed E-state index contributed by atoms with van der Waals surface area (Å²) in [6.45, 7) is 0. The van der Waals surface area contributed by atoms with Crippen molar-refractivity contribution in [2.24, 2.45) is 0 Å². The lowest BCUT2D eigenvalue weighted by Gasteiger charge is -2.21. The fourth-order valence-corrected chi connectivity index (χ4v) is 9.84. The number of ether oxygens (including phenoxy) is 1. The van der Waals surface area contributed by atoms with Gasteiger partial charge in [0.15, 0.2) is 11.5 Å². The predicted octanol–water partition coefficient (Wildman–Crippen LogP) is 13.7. The van der Waals surface area contributed by atoms with E-state index in [0.717, 1.165) is 28.4 Å². The van der Waals surface area contributed by atoms with E-state index >= 15 is 0 Å². The van der Waals surface area contributed by atoms with Crippen molar-refractivity contribution in [2.75, 3.05) is 0 Å². The SMILES string of the molecule is c1ccc2c(c1)Oc1ccc(-c3ccc(-n4c5ccccc5c5cc(-c6cccc7sc8ccccc8c67)ccc54)cc3)c3c4ccccc4n-2c13. The van der Waals surface area contributed by atoms with Gasteiger partial charge < -0.3 is 13.9 Å². The van der Waals surface area contributed by atoms with Gasteiger partial charge in [0.25, 0.3) is 0 Å². The van der Waals surface area contributed by atoms with Crippen molar-refractivity contribution in [1.29, 1.82) is 0 Å². The molecule has 11 aromatic rings. The molecular formula is C48H28N2OS. The first-order chi connectivity index (χ1) is 25.8. The standard InChI is InChI=1S/C48H28N2OS/c1-4-14-38-34(10-1)37-28-30(32-13-9-19-45-46(32)36-12-3-8-18-44(36)52-45)22-26-40(37)49(38)31-23-20-29(21-24-31)33-25-27-43-48-47(33)35-11-2-5-15-39(35)50(48)41-16-6-7-17-42(41)51-43/h1-28H. The minimum Gasteiger partial charge on any atom is -0.453 e. The fourth-order valence-electron chi connectivity index (χ4n) is 8.71. The van der Waals surface area contributed by atoms with Crippen LogP contribution in [0, 0.1) is 0 Å². The highest BCUT2D eigenvalue weighted by Gasteiger charge is 2.25. The molecule has 3 nitrogen and oxygen atoms in total. The van der Waals surface area contributed by atoms with E-state index in [1.165, 1.54) is 80.5 Å². The van der Waals surface area contributed by atoms with E-state index in [4.69, 9.17) is 4.74 Å². The summed E-state index contributed by atoms with van der Waals surface area (Å²) in [4.78, 5) is 0. The highest BCUT2D eigenvalue weighted by Crippen LogP contribution is 2.48. The average molecular weight is 681 g/mol. The lowest BCUT2D eigenvalue weighted by Crippen LogP contribution is -2.03. The van der Waals surface area contributed by atoms with Crippen molar-refractivity contribution in [1.82, 2.24) is 9.13 Å². The topological polar surface area (TPSA) is 19.1 Å². The molecule has 1 aliphatic heterocycles. The molecule has 0 N–H and O–H groups in total. The second-order valence-electron chi connectivity index (χ2n) is 13.7. The molecule has 0 atom stereocenters. The number of rotatable bonds is 3. The van der Waals surface area contributed by atoms with Crippen molar-refractivity contribution in [2.45, 2.75) is 0 Å². The Balaban J connectivity index is 1.02. The Morgan fingerprint density at radius 3 is 1.96 bits per heavy atom. The number of hydrogen-bond acceptors (Lipinski definition) is 2. The van der Waals surface area contributed by atoms with Gasteiger partial charge in [0.05, 0.1) is 27.8 Å². The molecule has 0 aliphatic carbocycles. The minimum absolute atomic E-state index is 0.880. The Morgan fingerprint density at radius 1 is 0.404 bits per heavy atom. The average Bonchev–Trinajstić information content (AvgIpc) is 3.87. The molecule has 0 saturated heterocycles. The van der Waals surface area contributed by atoms with Gasteiger partial charge >= 0.3 is 0 Å². The third-order valence-electron chi connectivity index (χ3n) is 10.9. The summed E-state index contributed by atoms with van der Waals surface area (Å²) >= 11 is 1.87. The number of fused-ring (bicyclic) bond motifs is 11. The van der Waals surface area contributed by atoms with E-state index in [1.807, 2.05) is 23.5 Å². The zero-order valence-corrected chi connectivity index (χ0v) is 28.7. The van der Waals surface area contributed by atoms with Gasteiger partial charge in [-0.05, 0) is 95.1 Å². The van der Waals surface area contributed by atoms with E-state index in [2.05, 4.69) is 167 Å². The Hall–Kier alpha value is -6.62. The third kappa shape index (κ3) is 3.79. The van der Waals surface area contributed by atoms with Gasteiger partial charge in [-0.1, -0.05) is 97.1 Å². The fraction of sp³-hybridized carbons (Fsp3) is 0. The second kappa shape index (κ2) is 10.5. The van der Waals surface area contributed by atoms with Crippen molar-refractivity contribution in [3.05, 3.63) is 170 Å². The number of thiophene rings is 1. The van der Waals surface area contributed by atoms with Crippen LogP contribution in [0.4, 0.5) is 0 Å². The summed E-state index contributed by atoms with van der Waals surface area (Å²) in [6, 6.07) is 61.7. The molecule has 0 amide bonds. The molecule has 8 aromatic carbocycles. The predicted molar refractivity (Wildman–Crippen MR) is 219 cm³/mol. The lowest BCUT2D eigenvalue weighted by molar-refractivity contribution is 0.476. The molecule has 4 heterocycles. The molecule has 3 aromatic heterocycles. The molecule has 0 unspecified atom stereocenters. The molecule has 0 fully saturated rings. The van der Waals surface area contributed by atoms with Crippen molar-refractivity contribution < 1.29 is 4.74 Å². The highest BCUT2D eigenvalue weighted by atomic mass is 32.1. The molecule has 0 saturated carbocycles. The second-order valence-corrected chi connectivity index (χ2v) is 14.7. The molecule has 52 heavy (non-hydrogen) atoms. The molecule has 0 radical (unpaired) electrons. The van der Waals surface area contributed by atoms with Gasteiger partial charge in [-0.3, -0.25) is 0 Å². The Bertz CT molecular complexity index is 3270. The van der Waals surface area contributed by atoms with Crippen LogP contribution >= 0.6 is 11.3 Å². The highest BCUT2D eigenvalue weighted by molar-refractivity contribution is 7.25. The third-order valence-corrected chi connectivity index (χ3v) is 12.1. The molecule has 242 valence electrons. The van der Waals surface area contributed by atoms with E-state index in [1.54, 1.807) is 0 Å². The Kier molecular flexibility index (Phi) is 5.65. The summed E-state index contributed by atoms with van der Waals surface area (Å²) < 4.78 is 13.9. The number of hydrogen-bond donors (Lipinski definition) is 0. The van der Waals surface area contributed by atoms with Crippen LogP contribution in [-0.2, 0) is 0 Å². The van der Waals surface area contributed by atoms with Crippen molar-refractivity contribution in [3.63, 3.8) is 0 Å². The summed E-state index contributed by atoms with van der Waals surface area (Å²) in [7, 11) is 0. The molecule has 0 bridgehead atoms. The van der Waals surface area contributed by atoms with Crippen LogP contribution in [0.15, 0.2) is 170 Å². The van der Waals surface area contributed by atoms with Gasteiger partial charge in [0.1, 0.15) is 0 Å². The van der Waals surface area contributed by atoms with Crippen molar-refractivity contribution in [3.8, 4) is 45.1 Å². The van der Waals surface area contributed by atoms with Gasteiger partial charge in [-0.25, -0.2) is 0 Å². The van der Waals surface area contributed by atoms with Gasteiger partial charge in [0, 0.05) is 47.4 Å². The van der Waals surface area contributed by atoms with Crippen LogP contribution in [0.2, 0.25) is 0 Å². The van der Waals surface area contributed by atoms with Crippen LogP contribution in [0.5, 0.6) is 11.5 Å². The molecule has 1 aliphatic rings. The first kappa shape index (κ1) is 28.1. The van der Waals surface area contributed by atoms with E-state index < -0.39 is 0 Å². The number of para-hydroxylation sites is 4. The van der Waals surface area contributed by atoms with Gasteiger partial charge in [-0.2, -0.15) is 0 Å². The van der Waals surface area contributed by atoms with Crippen LogP contribution in [0.25, 0.3) is 97.4 Å². The van der Waals surface area contributed by atoms with Crippen LogP contribution in [-0.4, -0.2) is 9.13 Å². The van der Waals surface area contributed by atoms with Crippen LogP contribution in [0.1, 0.15) is 0 Å². The summed E-state index contributed by atoms with van der Waals surface area (Å²) in [5.74, 6) is 1.77. The van der Waals surface area contributed by atoms with E-state index in [-0.39, 0.29) is 0 Å². The number of nitrogens with zero attached hydrogens (tertiary/aromatic N) is 2. The summed E-state index contributed by atoms with van der Waals surface area (Å²) in [6.07, 6.45) is 0. The Labute approximate surface area is 302 Å². The smallest absolute Gasteiger partial charge is 0.152 e. The molecule has 12 rings (SSSR count). The molecular weight excluding hydrogens is 653 g/mol. The van der Waals surface area contributed by atoms with Gasteiger partial charge in [-0.15, -0.1) is 11.3 Å². The zero-order chi connectivity index (χ0) is 33.9. The quantitative estimate of drug-likeness (QED) is 0.182. The Morgan fingerprint density at radius 2 is 1.08 bits per heavy atom. The number of aromatic nitrogens is 2. The van der Waals surface area contributed by atoms with Crippen molar-refractivity contribution >= 4 is 75.1 Å². The lowest BCUT2D eigenvalue weighted by atomic mass is 9.98. The zero-order valence-electron chi connectivity index (χ0n) is 27.9. The van der Waals surface area contributed by atoms with E-state index in [9.17, 15) is 0 Å². The maximum absolute atomic E-state index is 6.47. The van der Waals surface area contributed by atoms with Crippen LogP contribution < -0.4 is 4.74 Å². The van der Waals surface area contributed by atoms with Crippen LogP contribution in [0.3, 0.4) is 0 Å².